The topological polar surface area (TPSA) is 83.5 Å². The summed E-state index contributed by atoms with van der Waals surface area (Å²) in [6, 6.07) is 1.33. The standard InChI is InChI=1S/C10H13NO4S2/c1-6-4-7(6)5-11-17(14,15)8-2-3-16-9(8)10(12)13/h2-3,6-7,11H,4-5H2,1H3,(H,12,13). The highest BCUT2D eigenvalue weighted by Gasteiger charge is 2.34. The van der Waals surface area contributed by atoms with Gasteiger partial charge in [0.25, 0.3) is 0 Å². The molecule has 1 heterocycles. The van der Waals surface area contributed by atoms with Gasteiger partial charge in [-0.1, -0.05) is 6.92 Å². The van der Waals surface area contributed by atoms with Gasteiger partial charge in [-0.3, -0.25) is 0 Å². The molecule has 0 aliphatic heterocycles. The maximum absolute atomic E-state index is 11.9. The Bertz CT molecular complexity index is 534. The Labute approximate surface area is 104 Å². The van der Waals surface area contributed by atoms with Crippen molar-refractivity contribution in [1.29, 1.82) is 0 Å². The second-order valence-corrected chi connectivity index (χ2v) is 6.90. The lowest BCUT2D eigenvalue weighted by Gasteiger charge is -2.05. The van der Waals surface area contributed by atoms with Gasteiger partial charge >= 0.3 is 5.97 Å². The Hall–Kier alpha value is -0.920. The summed E-state index contributed by atoms with van der Waals surface area (Å²) in [6.07, 6.45) is 1.03. The van der Waals surface area contributed by atoms with Crippen LogP contribution in [0.4, 0.5) is 0 Å². The molecule has 2 N–H and O–H groups in total. The Morgan fingerprint density at radius 3 is 2.82 bits per heavy atom. The Balaban J connectivity index is 2.13. The molecule has 0 aromatic carbocycles. The van der Waals surface area contributed by atoms with Crippen LogP contribution < -0.4 is 4.72 Å². The smallest absolute Gasteiger partial charge is 0.347 e. The summed E-state index contributed by atoms with van der Waals surface area (Å²) in [4.78, 5) is 10.6. The van der Waals surface area contributed by atoms with E-state index in [1.807, 2.05) is 0 Å². The van der Waals surface area contributed by atoms with Crippen LogP contribution in [0, 0.1) is 11.8 Å². The van der Waals surface area contributed by atoms with E-state index in [4.69, 9.17) is 5.11 Å². The van der Waals surface area contributed by atoms with Crippen molar-refractivity contribution in [3.05, 3.63) is 16.3 Å². The fourth-order valence-corrected chi connectivity index (χ4v) is 4.00. The van der Waals surface area contributed by atoms with E-state index in [0.29, 0.717) is 18.4 Å². The molecule has 17 heavy (non-hydrogen) atoms. The maximum atomic E-state index is 11.9. The molecule has 2 unspecified atom stereocenters. The SMILES string of the molecule is CC1CC1CNS(=O)(=O)c1ccsc1C(=O)O. The van der Waals surface area contributed by atoms with E-state index < -0.39 is 16.0 Å². The quantitative estimate of drug-likeness (QED) is 0.850. The van der Waals surface area contributed by atoms with Crippen molar-refractivity contribution >= 4 is 27.3 Å². The molecule has 2 rings (SSSR count). The molecular formula is C10H13NO4S2. The monoisotopic (exact) mass is 275 g/mol. The summed E-state index contributed by atoms with van der Waals surface area (Å²) in [6.45, 7) is 2.45. The lowest BCUT2D eigenvalue weighted by Crippen LogP contribution is -2.27. The van der Waals surface area contributed by atoms with E-state index >= 15 is 0 Å². The van der Waals surface area contributed by atoms with E-state index in [2.05, 4.69) is 11.6 Å². The van der Waals surface area contributed by atoms with Crippen molar-refractivity contribution in [3.8, 4) is 0 Å². The molecule has 5 nitrogen and oxygen atoms in total. The van der Waals surface area contributed by atoms with Crippen LogP contribution in [0.2, 0.25) is 0 Å². The Kier molecular flexibility index (Phi) is 3.24. The number of carboxylic acid groups (broad SMARTS) is 1. The molecular weight excluding hydrogens is 262 g/mol. The fraction of sp³-hybridized carbons (Fsp3) is 0.500. The van der Waals surface area contributed by atoms with Crippen molar-refractivity contribution in [1.82, 2.24) is 4.72 Å². The minimum absolute atomic E-state index is 0.136. The average molecular weight is 275 g/mol. The molecule has 1 aromatic heterocycles. The third-order valence-electron chi connectivity index (χ3n) is 2.92. The first-order valence-corrected chi connectivity index (χ1v) is 7.58. The molecule has 0 radical (unpaired) electrons. The van der Waals surface area contributed by atoms with Crippen molar-refractivity contribution < 1.29 is 18.3 Å². The average Bonchev–Trinajstić information content (AvgIpc) is 2.78. The normalized spacial score (nSPS) is 23.6. The second-order valence-electron chi connectivity index (χ2n) is 4.24. The molecule has 1 saturated carbocycles. The number of sulfonamides is 1. The summed E-state index contributed by atoms with van der Waals surface area (Å²) in [5, 5.41) is 10.3. The molecule has 7 heteroatoms. The number of carboxylic acids is 1. The summed E-state index contributed by atoms with van der Waals surface area (Å²) in [7, 11) is -3.69. The van der Waals surface area contributed by atoms with Gasteiger partial charge in [-0.2, -0.15) is 0 Å². The molecule has 1 aliphatic rings. The molecule has 0 saturated heterocycles. The zero-order valence-electron chi connectivity index (χ0n) is 9.21. The summed E-state index contributed by atoms with van der Waals surface area (Å²) < 4.78 is 26.2. The van der Waals surface area contributed by atoms with Crippen LogP contribution in [-0.2, 0) is 10.0 Å². The summed E-state index contributed by atoms with van der Waals surface area (Å²) in [5.41, 5.74) is 0. The van der Waals surface area contributed by atoms with Gasteiger partial charge < -0.3 is 5.11 Å². The van der Waals surface area contributed by atoms with Crippen LogP contribution in [0.25, 0.3) is 0 Å². The van der Waals surface area contributed by atoms with Gasteiger partial charge in [0.1, 0.15) is 9.77 Å². The van der Waals surface area contributed by atoms with Crippen molar-refractivity contribution in [3.63, 3.8) is 0 Å². The molecule has 0 amide bonds. The number of hydrogen-bond acceptors (Lipinski definition) is 4. The van der Waals surface area contributed by atoms with Gasteiger partial charge in [-0.15, -0.1) is 11.3 Å². The first-order valence-electron chi connectivity index (χ1n) is 5.22. The number of hydrogen-bond donors (Lipinski definition) is 2. The minimum atomic E-state index is -3.69. The van der Waals surface area contributed by atoms with Gasteiger partial charge in [0.2, 0.25) is 10.0 Å². The number of aromatic carboxylic acids is 1. The largest absolute Gasteiger partial charge is 0.477 e. The second kappa shape index (κ2) is 4.40. The Morgan fingerprint density at radius 2 is 2.29 bits per heavy atom. The zero-order chi connectivity index (χ0) is 12.6. The van der Waals surface area contributed by atoms with Gasteiger partial charge in [0.05, 0.1) is 0 Å². The molecule has 1 fully saturated rings. The predicted octanol–water partition coefficient (Wildman–Crippen LogP) is 1.38. The fourth-order valence-electron chi connectivity index (χ4n) is 1.64. The highest BCUT2D eigenvalue weighted by Crippen LogP contribution is 2.37. The molecule has 1 aromatic rings. The van der Waals surface area contributed by atoms with Gasteiger partial charge in [0, 0.05) is 6.54 Å². The van der Waals surface area contributed by atoms with Gasteiger partial charge in [0.15, 0.2) is 0 Å². The third-order valence-corrected chi connectivity index (χ3v) is 5.42. The third kappa shape index (κ3) is 2.67. The number of carbonyl (C=O) groups is 1. The van der Waals surface area contributed by atoms with Crippen LogP contribution in [0.3, 0.4) is 0 Å². The van der Waals surface area contributed by atoms with Crippen molar-refractivity contribution in [2.45, 2.75) is 18.2 Å². The zero-order valence-corrected chi connectivity index (χ0v) is 10.8. The van der Waals surface area contributed by atoms with Crippen LogP contribution in [-0.4, -0.2) is 26.0 Å². The van der Waals surface area contributed by atoms with E-state index in [0.717, 1.165) is 17.8 Å². The van der Waals surface area contributed by atoms with Crippen LogP contribution in [0.5, 0.6) is 0 Å². The van der Waals surface area contributed by atoms with Crippen LogP contribution >= 0.6 is 11.3 Å². The lowest BCUT2D eigenvalue weighted by molar-refractivity contribution is 0.0698. The summed E-state index contributed by atoms with van der Waals surface area (Å²) in [5.74, 6) is -0.268. The van der Waals surface area contributed by atoms with Crippen molar-refractivity contribution in [2.75, 3.05) is 6.54 Å². The summed E-state index contributed by atoms with van der Waals surface area (Å²) >= 11 is 0.916. The highest BCUT2D eigenvalue weighted by molar-refractivity contribution is 7.89. The predicted molar refractivity (Wildman–Crippen MR) is 63.7 cm³/mol. The first kappa shape index (κ1) is 12.5. The van der Waals surface area contributed by atoms with E-state index in [9.17, 15) is 13.2 Å². The van der Waals surface area contributed by atoms with Crippen LogP contribution in [0.1, 0.15) is 23.0 Å². The molecule has 1 aliphatic carbocycles. The first-order chi connectivity index (χ1) is 7.92. The number of rotatable bonds is 5. The molecule has 0 bridgehead atoms. The van der Waals surface area contributed by atoms with Crippen molar-refractivity contribution in [2.24, 2.45) is 11.8 Å². The molecule has 0 spiro atoms. The van der Waals surface area contributed by atoms with Gasteiger partial charge in [-0.25, -0.2) is 17.9 Å². The maximum Gasteiger partial charge on any atom is 0.347 e. The number of thiophene rings is 1. The van der Waals surface area contributed by atoms with E-state index in [-0.39, 0.29) is 9.77 Å². The molecule has 2 atom stereocenters. The van der Waals surface area contributed by atoms with E-state index in [1.165, 1.54) is 11.4 Å². The molecule has 94 valence electrons. The van der Waals surface area contributed by atoms with Crippen LogP contribution in [0.15, 0.2) is 16.3 Å². The highest BCUT2D eigenvalue weighted by atomic mass is 32.2. The minimum Gasteiger partial charge on any atom is -0.477 e. The van der Waals surface area contributed by atoms with E-state index in [1.54, 1.807) is 0 Å². The lowest BCUT2D eigenvalue weighted by atomic mass is 10.3. The number of nitrogens with one attached hydrogen (secondary N) is 1. The Morgan fingerprint density at radius 1 is 1.65 bits per heavy atom. The van der Waals surface area contributed by atoms with Gasteiger partial charge in [-0.05, 0) is 29.7 Å².